The van der Waals surface area contributed by atoms with Crippen molar-refractivity contribution in [3.63, 3.8) is 0 Å². The SMILES string of the molecule is CCNC(=NCc1cccc(S(=O)(=O)NCCOC)c1)NCCn1cnnc1CC. The second kappa shape index (κ2) is 12.3. The fourth-order valence-corrected chi connectivity index (χ4v) is 3.80. The molecule has 0 spiro atoms. The van der Waals surface area contributed by atoms with E-state index < -0.39 is 10.0 Å². The van der Waals surface area contributed by atoms with Crippen LogP contribution < -0.4 is 15.4 Å². The predicted molar refractivity (Wildman–Crippen MR) is 116 cm³/mol. The normalized spacial score (nSPS) is 12.2. The number of methoxy groups -OCH3 is 1. The van der Waals surface area contributed by atoms with Crippen molar-refractivity contribution >= 4 is 16.0 Å². The molecule has 0 aliphatic heterocycles. The minimum atomic E-state index is -3.57. The van der Waals surface area contributed by atoms with E-state index in [1.807, 2.05) is 24.5 Å². The molecule has 0 fully saturated rings. The van der Waals surface area contributed by atoms with Gasteiger partial charge in [-0.1, -0.05) is 19.1 Å². The van der Waals surface area contributed by atoms with Crippen molar-refractivity contribution in [1.29, 1.82) is 0 Å². The van der Waals surface area contributed by atoms with Crippen LogP contribution in [-0.4, -0.2) is 62.5 Å². The predicted octanol–water partition coefficient (Wildman–Crippen LogP) is 0.521. The lowest BCUT2D eigenvalue weighted by atomic mass is 10.2. The minimum absolute atomic E-state index is 0.212. The summed E-state index contributed by atoms with van der Waals surface area (Å²) in [7, 11) is -2.05. The summed E-state index contributed by atoms with van der Waals surface area (Å²) in [4.78, 5) is 4.77. The fourth-order valence-electron chi connectivity index (χ4n) is 2.72. The number of hydrogen-bond donors (Lipinski definition) is 3. The Bertz CT molecular complexity index is 912. The van der Waals surface area contributed by atoms with Crippen molar-refractivity contribution in [2.45, 2.75) is 38.3 Å². The number of aromatic nitrogens is 3. The summed E-state index contributed by atoms with van der Waals surface area (Å²) < 4.78 is 34.1. The van der Waals surface area contributed by atoms with E-state index in [-0.39, 0.29) is 11.4 Å². The summed E-state index contributed by atoms with van der Waals surface area (Å²) in [6, 6.07) is 6.77. The molecule has 0 saturated heterocycles. The molecule has 166 valence electrons. The number of aryl methyl sites for hydroxylation is 1. The Balaban J connectivity index is 1.98. The van der Waals surface area contributed by atoms with Crippen LogP contribution in [0.4, 0.5) is 0 Å². The molecule has 0 atom stereocenters. The highest BCUT2D eigenvalue weighted by Gasteiger charge is 2.13. The molecule has 30 heavy (non-hydrogen) atoms. The molecule has 0 aliphatic carbocycles. The molecule has 0 amide bonds. The van der Waals surface area contributed by atoms with E-state index in [1.54, 1.807) is 24.5 Å². The third-order valence-electron chi connectivity index (χ3n) is 4.23. The average molecular weight is 438 g/mol. The Kier molecular flexibility index (Phi) is 9.71. The first-order valence-corrected chi connectivity index (χ1v) is 11.4. The fraction of sp³-hybridized carbons (Fsp3) is 0.526. The van der Waals surface area contributed by atoms with Gasteiger partial charge in [-0.05, 0) is 24.6 Å². The van der Waals surface area contributed by atoms with Crippen LogP contribution in [0.3, 0.4) is 0 Å². The number of sulfonamides is 1. The first-order chi connectivity index (χ1) is 14.5. The van der Waals surface area contributed by atoms with Gasteiger partial charge in [-0.3, -0.25) is 0 Å². The second-order valence-corrected chi connectivity index (χ2v) is 8.22. The highest BCUT2D eigenvalue weighted by molar-refractivity contribution is 7.89. The van der Waals surface area contributed by atoms with Crippen LogP contribution in [0.25, 0.3) is 0 Å². The van der Waals surface area contributed by atoms with Crippen LogP contribution in [0, 0.1) is 0 Å². The third-order valence-corrected chi connectivity index (χ3v) is 5.69. The van der Waals surface area contributed by atoms with Gasteiger partial charge in [-0.25, -0.2) is 18.1 Å². The number of nitrogens with zero attached hydrogens (tertiary/aromatic N) is 4. The van der Waals surface area contributed by atoms with Gasteiger partial charge in [-0.15, -0.1) is 10.2 Å². The van der Waals surface area contributed by atoms with Crippen molar-refractivity contribution in [3.05, 3.63) is 42.0 Å². The lowest BCUT2D eigenvalue weighted by molar-refractivity contribution is 0.204. The van der Waals surface area contributed by atoms with Gasteiger partial charge in [0.25, 0.3) is 0 Å². The molecule has 1 heterocycles. The molecule has 2 aromatic rings. The summed E-state index contributed by atoms with van der Waals surface area (Å²) in [5, 5.41) is 14.5. The van der Waals surface area contributed by atoms with Gasteiger partial charge in [0.05, 0.1) is 18.0 Å². The standard InChI is InChI=1S/C19H31N7O3S/c1-4-18-25-23-15-26(18)11-9-21-19(20-5-2)22-14-16-7-6-8-17(13-16)30(27,28)24-10-12-29-3/h6-8,13,15,24H,4-5,9-12,14H2,1-3H3,(H2,20,21,22). The number of guanidine groups is 1. The first kappa shape index (κ1) is 23.8. The third kappa shape index (κ3) is 7.39. The average Bonchev–Trinajstić information content (AvgIpc) is 3.20. The molecule has 2 rings (SSSR count). The van der Waals surface area contributed by atoms with Crippen LogP contribution in [0.2, 0.25) is 0 Å². The van der Waals surface area contributed by atoms with Crippen molar-refractivity contribution in [2.75, 3.05) is 33.4 Å². The van der Waals surface area contributed by atoms with Gasteiger partial charge in [0, 0.05) is 39.7 Å². The Morgan fingerprint density at radius 1 is 1.23 bits per heavy atom. The number of aliphatic imine (C=N–C) groups is 1. The summed E-state index contributed by atoms with van der Waals surface area (Å²) in [6.45, 7) is 7.03. The molecule has 0 saturated carbocycles. The lowest BCUT2D eigenvalue weighted by Gasteiger charge is -2.12. The van der Waals surface area contributed by atoms with Gasteiger partial charge in [-0.2, -0.15) is 0 Å². The second-order valence-electron chi connectivity index (χ2n) is 6.45. The van der Waals surface area contributed by atoms with Crippen molar-refractivity contribution in [1.82, 2.24) is 30.1 Å². The van der Waals surface area contributed by atoms with E-state index >= 15 is 0 Å². The van der Waals surface area contributed by atoms with E-state index in [1.165, 1.54) is 7.11 Å². The Labute approximate surface area is 178 Å². The van der Waals surface area contributed by atoms with E-state index in [0.717, 1.165) is 30.9 Å². The molecule has 11 heteroatoms. The molecular formula is C19H31N7O3S. The first-order valence-electron chi connectivity index (χ1n) is 9.96. The van der Waals surface area contributed by atoms with Crippen LogP contribution in [-0.2, 0) is 34.3 Å². The largest absolute Gasteiger partial charge is 0.383 e. The molecule has 3 N–H and O–H groups in total. The van der Waals surface area contributed by atoms with Crippen molar-refractivity contribution in [2.24, 2.45) is 4.99 Å². The topological polar surface area (TPSA) is 123 Å². The Morgan fingerprint density at radius 3 is 2.80 bits per heavy atom. The van der Waals surface area contributed by atoms with Crippen LogP contribution >= 0.6 is 0 Å². The van der Waals surface area contributed by atoms with Crippen molar-refractivity contribution < 1.29 is 13.2 Å². The maximum atomic E-state index is 12.4. The van der Waals surface area contributed by atoms with Gasteiger partial charge in [0.2, 0.25) is 10.0 Å². The molecule has 0 unspecified atom stereocenters. The molecule has 0 aliphatic rings. The van der Waals surface area contributed by atoms with Gasteiger partial charge in [0.1, 0.15) is 12.2 Å². The zero-order valence-corrected chi connectivity index (χ0v) is 18.6. The van der Waals surface area contributed by atoms with Crippen molar-refractivity contribution in [3.8, 4) is 0 Å². The zero-order valence-electron chi connectivity index (χ0n) is 17.8. The van der Waals surface area contributed by atoms with E-state index in [2.05, 4.69) is 30.5 Å². The van der Waals surface area contributed by atoms with Crippen LogP contribution in [0.5, 0.6) is 0 Å². The summed E-state index contributed by atoms with van der Waals surface area (Å²) in [6.07, 6.45) is 2.55. The Morgan fingerprint density at radius 2 is 2.07 bits per heavy atom. The Hall–Kier alpha value is -2.50. The number of hydrogen-bond acceptors (Lipinski definition) is 6. The van der Waals surface area contributed by atoms with E-state index in [0.29, 0.717) is 25.7 Å². The van der Waals surface area contributed by atoms with Crippen LogP contribution in [0.15, 0.2) is 40.5 Å². The summed E-state index contributed by atoms with van der Waals surface area (Å²) in [5.41, 5.74) is 0.800. The molecule has 1 aromatic heterocycles. The number of rotatable bonds is 12. The maximum Gasteiger partial charge on any atom is 0.240 e. The number of ether oxygens (including phenoxy) is 1. The van der Waals surface area contributed by atoms with Gasteiger partial charge in [0.15, 0.2) is 5.96 Å². The monoisotopic (exact) mass is 437 g/mol. The highest BCUT2D eigenvalue weighted by Crippen LogP contribution is 2.12. The van der Waals surface area contributed by atoms with E-state index in [4.69, 9.17) is 4.74 Å². The minimum Gasteiger partial charge on any atom is -0.383 e. The van der Waals surface area contributed by atoms with E-state index in [9.17, 15) is 8.42 Å². The van der Waals surface area contributed by atoms with Gasteiger partial charge >= 0.3 is 0 Å². The molecular weight excluding hydrogens is 406 g/mol. The highest BCUT2D eigenvalue weighted by atomic mass is 32.2. The zero-order chi connectivity index (χ0) is 21.8. The molecule has 0 bridgehead atoms. The molecule has 10 nitrogen and oxygen atoms in total. The summed E-state index contributed by atoms with van der Waals surface area (Å²) in [5.74, 6) is 1.60. The molecule has 1 aromatic carbocycles. The van der Waals surface area contributed by atoms with Crippen LogP contribution in [0.1, 0.15) is 25.2 Å². The lowest BCUT2D eigenvalue weighted by Crippen LogP contribution is -2.38. The quantitative estimate of drug-likeness (QED) is 0.251. The number of benzene rings is 1. The molecule has 0 radical (unpaired) electrons. The smallest absolute Gasteiger partial charge is 0.240 e. The number of nitrogens with one attached hydrogen (secondary N) is 3. The maximum absolute atomic E-state index is 12.4. The summed E-state index contributed by atoms with van der Waals surface area (Å²) >= 11 is 0. The van der Waals surface area contributed by atoms with Gasteiger partial charge < -0.3 is 19.9 Å².